The average molecular weight is 352 g/mol. The second-order valence-corrected chi connectivity index (χ2v) is 6.71. The molecular formula is C16H11Cl2NO2S. The Balaban J connectivity index is 1.67. The molecule has 0 N–H and O–H groups in total. The summed E-state index contributed by atoms with van der Waals surface area (Å²) in [4.78, 5) is 26.6. The van der Waals surface area contributed by atoms with Crippen molar-refractivity contribution in [3.63, 3.8) is 0 Å². The van der Waals surface area contributed by atoms with Crippen LogP contribution in [0.25, 0.3) is 0 Å². The Morgan fingerprint density at radius 2 is 1.59 bits per heavy atom. The number of carbonyl (C=O) groups is 2. The molecule has 0 bridgehead atoms. The predicted octanol–water partition coefficient (Wildman–Crippen LogP) is 4.38. The lowest BCUT2D eigenvalue weighted by molar-refractivity contribution is 0.0664. The molecule has 0 unspecified atom stereocenters. The number of imide groups is 1. The average Bonchev–Trinajstić information content (AvgIpc) is 2.76. The number of carbonyl (C=O) groups excluding carboxylic acids is 2. The SMILES string of the molecule is O=C1c2ccccc2C(=O)N1CCSc1cc(Cl)ccc1Cl. The molecule has 1 aliphatic rings. The van der Waals surface area contributed by atoms with E-state index in [1.165, 1.54) is 16.7 Å². The Bertz CT molecular complexity index is 729. The van der Waals surface area contributed by atoms with E-state index in [1.807, 2.05) is 0 Å². The van der Waals surface area contributed by atoms with Gasteiger partial charge in [0.1, 0.15) is 0 Å². The van der Waals surface area contributed by atoms with E-state index in [-0.39, 0.29) is 11.8 Å². The van der Waals surface area contributed by atoms with Gasteiger partial charge in [0.05, 0.1) is 16.1 Å². The Kier molecular flexibility index (Phi) is 4.43. The summed E-state index contributed by atoms with van der Waals surface area (Å²) in [6.45, 7) is 0.333. The van der Waals surface area contributed by atoms with Crippen molar-refractivity contribution in [2.45, 2.75) is 4.90 Å². The van der Waals surface area contributed by atoms with Gasteiger partial charge in [-0.1, -0.05) is 35.3 Å². The normalized spacial score (nSPS) is 13.6. The first-order chi connectivity index (χ1) is 10.6. The van der Waals surface area contributed by atoms with E-state index >= 15 is 0 Å². The van der Waals surface area contributed by atoms with Crippen LogP contribution in [0.1, 0.15) is 20.7 Å². The van der Waals surface area contributed by atoms with Crippen molar-refractivity contribution in [1.82, 2.24) is 4.90 Å². The number of halogens is 2. The first kappa shape index (κ1) is 15.4. The van der Waals surface area contributed by atoms with Crippen molar-refractivity contribution in [3.05, 3.63) is 63.6 Å². The lowest BCUT2D eigenvalue weighted by Crippen LogP contribution is -2.31. The molecule has 0 aromatic heterocycles. The number of amides is 2. The van der Waals surface area contributed by atoms with E-state index in [4.69, 9.17) is 23.2 Å². The summed E-state index contributed by atoms with van der Waals surface area (Å²) in [5, 5.41) is 1.21. The molecule has 0 saturated carbocycles. The highest BCUT2D eigenvalue weighted by atomic mass is 35.5. The summed E-state index contributed by atoms with van der Waals surface area (Å²) in [6.07, 6.45) is 0. The topological polar surface area (TPSA) is 37.4 Å². The summed E-state index contributed by atoms with van der Waals surface area (Å²) in [5.41, 5.74) is 0.941. The second-order valence-electron chi connectivity index (χ2n) is 4.73. The number of hydrogen-bond donors (Lipinski definition) is 0. The summed E-state index contributed by atoms with van der Waals surface area (Å²) in [6, 6.07) is 12.1. The van der Waals surface area contributed by atoms with E-state index in [2.05, 4.69) is 0 Å². The number of fused-ring (bicyclic) bond motifs is 1. The van der Waals surface area contributed by atoms with Crippen molar-refractivity contribution >= 4 is 46.8 Å². The van der Waals surface area contributed by atoms with Crippen LogP contribution in [0.15, 0.2) is 47.4 Å². The summed E-state index contributed by atoms with van der Waals surface area (Å²) in [7, 11) is 0. The van der Waals surface area contributed by atoms with E-state index < -0.39 is 0 Å². The Morgan fingerprint density at radius 3 is 2.23 bits per heavy atom. The molecule has 3 nitrogen and oxygen atoms in total. The maximum atomic E-state index is 12.2. The lowest BCUT2D eigenvalue weighted by atomic mass is 10.1. The third-order valence-corrected chi connectivity index (χ3v) is 5.06. The van der Waals surface area contributed by atoms with E-state index in [0.717, 1.165) is 4.90 Å². The molecule has 0 radical (unpaired) electrons. The highest BCUT2D eigenvalue weighted by Gasteiger charge is 2.34. The van der Waals surface area contributed by atoms with Crippen LogP contribution in [-0.4, -0.2) is 29.0 Å². The zero-order valence-corrected chi connectivity index (χ0v) is 13.7. The van der Waals surface area contributed by atoms with Crippen molar-refractivity contribution in [2.24, 2.45) is 0 Å². The number of hydrogen-bond acceptors (Lipinski definition) is 3. The van der Waals surface area contributed by atoms with Crippen LogP contribution >= 0.6 is 35.0 Å². The minimum Gasteiger partial charge on any atom is -0.273 e. The zero-order valence-electron chi connectivity index (χ0n) is 11.4. The smallest absolute Gasteiger partial charge is 0.261 e. The van der Waals surface area contributed by atoms with Crippen LogP contribution < -0.4 is 0 Å². The molecule has 0 fully saturated rings. The van der Waals surface area contributed by atoms with Gasteiger partial charge in [0.25, 0.3) is 11.8 Å². The van der Waals surface area contributed by atoms with E-state index in [1.54, 1.807) is 42.5 Å². The quantitative estimate of drug-likeness (QED) is 0.605. The van der Waals surface area contributed by atoms with Gasteiger partial charge in [-0.15, -0.1) is 11.8 Å². The molecule has 1 heterocycles. The predicted molar refractivity (Wildman–Crippen MR) is 89.0 cm³/mol. The van der Waals surface area contributed by atoms with Gasteiger partial charge in [-0.3, -0.25) is 14.5 Å². The third kappa shape index (κ3) is 2.86. The lowest BCUT2D eigenvalue weighted by Gasteiger charge is -2.13. The van der Waals surface area contributed by atoms with Gasteiger partial charge in [-0.05, 0) is 30.3 Å². The Hall–Kier alpha value is -1.49. The monoisotopic (exact) mass is 351 g/mol. The third-order valence-electron chi connectivity index (χ3n) is 3.34. The minimum absolute atomic E-state index is 0.238. The summed E-state index contributed by atoms with van der Waals surface area (Å²) >= 11 is 13.5. The first-order valence-electron chi connectivity index (χ1n) is 6.61. The van der Waals surface area contributed by atoms with Gasteiger partial charge in [0.2, 0.25) is 0 Å². The fraction of sp³-hybridized carbons (Fsp3) is 0.125. The maximum Gasteiger partial charge on any atom is 0.261 e. The largest absolute Gasteiger partial charge is 0.273 e. The number of thioether (sulfide) groups is 1. The molecule has 2 amide bonds. The van der Waals surface area contributed by atoms with Crippen LogP contribution in [0.5, 0.6) is 0 Å². The highest BCUT2D eigenvalue weighted by molar-refractivity contribution is 7.99. The molecule has 22 heavy (non-hydrogen) atoms. The molecule has 1 aliphatic heterocycles. The van der Waals surface area contributed by atoms with Crippen molar-refractivity contribution in [2.75, 3.05) is 12.3 Å². The zero-order chi connectivity index (χ0) is 15.7. The fourth-order valence-electron chi connectivity index (χ4n) is 2.28. The van der Waals surface area contributed by atoms with Crippen LogP contribution in [-0.2, 0) is 0 Å². The standard InChI is InChI=1S/C16H11Cl2NO2S/c17-10-5-6-13(18)14(9-10)22-8-7-19-15(20)11-3-1-2-4-12(11)16(19)21/h1-6,9H,7-8H2. The van der Waals surface area contributed by atoms with E-state index in [9.17, 15) is 9.59 Å². The molecule has 3 rings (SSSR count). The molecule has 0 aliphatic carbocycles. The van der Waals surface area contributed by atoms with Crippen molar-refractivity contribution in [3.8, 4) is 0 Å². The van der Waals surface area contributed by atoms with Gasteiger partial charge >= 0.3 is 0 Å². The van der Waals surface area contributed by atoms with Crippen LogP contribution in [0, 0.1) is 0 Å². The molecule has 0 saturated heterocycles. The van der Waals surface area contributed by atoms with E-state index in [0.29, 0.717) is 33.5 Å². The van der Waals surface area contributed by atoms with Crippen molar-refractivity contribution in [1.29, 1.82) is 0 Å². The minimum atomic E-state index is -0.238. The molecular weight excluding hydrogens is 341 g/mol. The second kappa shape index (κ2) is 6.32. The molecule has 0 atom stereocenters. The van der Waals surface area contributed by atoms with Gasteiger partial charge in [-0.2, -0.15) is 0 Å². The molecule has 2 aromatic rings. The summed E-state index contributed by atoms with van der Waals surface area (Å²) in [5.74, 6) is 0.0858. The Morgan fingerprint density at radius 1 is 0.955 bits per heavy atom. The molecule has 6 heteroatoms. The number of nitrogens with zero attached hydrogens (tertiary/aromatic N) is 1. The van der Waals surface area contributed by atoms with Gasteiger partial charge < -0.3 is 0 Å². The van der Waals surface area contributed by atoms with Crippen molar-refractivity contribution < 1.29 is 9.59 Å². The fourth-order valence-corrected chi connectivity index (χ4v) is 3.70. The van der Waals surface area contributed by atoms with Crippen LogP contribution in [0.2, 0.25) is 10.0 Å². The van der Waals surface area contributed by atoms with Crippen LogP contribution in [0.4, 0.5) is 0 Å². The molecule has 112 valence electrons. The Labute approximate surface area is 142 Å². The first-order valence-corrected chi connectivity index (χ1v) is 8.35. The van der Waals surface area contributed by atoms with Gasteiger partial charge in [0, 0.05) is 22.2 Å². The summed E-state index contributed by atoms with van der Waals surface area (Å²) < 4.78 is 0. The van der Waals surface area contributed by atoms with Gasteiger partial charge in [-0.25, -0.2) is 0 Å². The van der Waals surface area contributed by atoms with Gasteiger partial charge in [0.15, 0.2) is 0 Å². The molecule has 0 spiro atoms. The highest BCUT2D eigenvalue weighted by Crippen LogP contribution is 2.30. The van der Waals surface area contributed by atoms with Crippen LogP contribution in [0.3, 0.4) is 0 Å². The number of benzene rings is 2. The molecule has 2 aromatic carbocycles. The number of rotatable bonds is 4. The maximum absolute atomic E-state index is 12.2.